The Kier molecular flexibility index (Phi) is 5.55. The van der Waals surface area contributed by atoms with Crippen molar-refractivity contribution in [2.75, 3.05) is 14.2 Å². The maximum Gasteiger partial charge on any atom is 0.311 e. The van der Waals surface area contributed by atoms with E-state index in [0.29, 0.717) is 0 Å². The SMILES string of the molecule is CCn1cc(Br)c(CN(C)C(=O)c2ccc(OC)c([N+](=O)[O-])c2)n1. The van der Waals surface area contributed by atoms with Crippen molar-refractivity contribution >= 4 is 27.5 Å². The highest BCUT2D eigenvalue weighted by Gasteiger charge is 2.21. The van der Waals surface area contributed by atoms with Gasteiger partial charge in [0, 0.05) is 31.4 Å². The second-order valence-electron chi connectivity index (χ2n) is 5.08. The van der Waals surface area contributed by atoms with Crippen LogP contribution in [0, 0.1) is 10.1 Å². The molecule has 2 aromatic rings. The molecule has 9 heteroatoms. The Morgan fingerprint density at radius 2 is 2.21 bits per heavy atom. The molecule has 128 valence electrons. The number of nitrogens with zero attached hydrogens (tertiary/aromatic N) is 4. The maximum absolute atomic E-state index is 12.5. The number of aryl methyl sites for hydroxylation is 1. The number of amides is 1. The highest BCUT2D eigenvalue weighted by molar-refractivity contribution is 9.10. The van der Waals surface area contributed by atoms with E-state index in [9.17, 15) is 14.9 Å². The summed E-state index contributed by atoms with van der Waals surface area (Å²) >= 11 is 3.41. The number of hydrogen-bond donors (Lipinski definition) is 0. The molecule has 0 aliphatic carbocycles. The average Bonchev–Trinajstić information content (AvgIpc) is 2.93. The van der Waals surface area contributed by atoms with Gasteiger partial charge in [0.05, 0.1) is 28.7 Å². The molecule has 1 aromatic heterocycles. The van der Waals surface area contributed by atoms with Crippen molar-refractivity contribution in [3.63, 3.8) is 0 Å². The Bertz CT molecular complexity index is 775. The summed E-state index contributed by atoms with van der Waals surface area (Å²) in [5, 5.41) is 15.4. The second kappa shape index (κ2) is 7.43. The van der Waals surface area contributed by atoms with Crippen LogP contribution in [0.25, 0.3) is 0 Å². The molecule has 0 saturated carbocycles. The van der Waals surface area contributed by atoms with Gasteiger partial charge in [0.15, 0.2) is 5.75 Å². The lowest BCUT2D eigenvalue weighted by Gasteiger charge is -2.16. The number of hydrogen-bond acceptors (Lipinski definition) is 5. The number of nitro groups is 1. The number of carbonyl (C=O) groups excluding carboxylic acids is 1. The van der Waals surface area contributed by atoms with E-state index in [-0.39, 0.29) is 29.5 Å². The Labute approximate surface area is 147 Å². The van der Waals surface area contributed by atoms with E-state index in [1.807, 2.05) is 13.1 Å². The first-order chi connectivity index (χ1) is 11.4. The molecule has 1 aromatic carbocycles. The molecular formula is C15H17BrN4O4. The van der Waals surface area contributed by atoms with Gasteiger partial charge in [0.2, 0.25) is 0 Å². The van der Waals surface area contributed by atoms with Crippen LogP contribution in [-0.4, -0.2) is 39.7 Å². The standard InChI is InChI=1S/C15H17BrN4O4/c1-4-19-8-11(16)12(17-19)9-18(2)15(21)10-5-6-14(24-3)13(7-10)20(22)23/h5-8H,4,9H2,1-3H3. The van der Waals surface area contributed by atoms with E-state index in [0.717, 1.165) is 16.7 Å². The van der Waals surface area contributed by atoms with Crippen LogP contribution in [0.4, 0.5) is 5.69 Å². The first kappa shape index (κ1) is 17.9. The Balaban J connectivity index is 2.22. The summed E-state index contributed by atoms with van der Waals surface area (Å²) in [5.41, 5.74) is 0.694. The van der Waals surface area contributed by atoms with Gasteiger partial charge in [0.1, 0.15) is 0 Å². The maximum atomic E-state index is 12.5. The quantitative estimate of drug-likeness (QED) is 0.552. The van der Waals surface area contributed by atoms with Crippen molar-refractivity contribution in [3.05, 3.63) is 50.2 Å². The van der Waals surface area contributed by atoms with Gasteiger partial charge in [-0.1, -0.05) is 0 Å². The van der Waals surface area contributed by atoms with Crippen molar-refractivity contribution in [2.24, 2.45) is 0 Å². The van der Waals surface area contributed by atoms with Crippen molar-refractivity contribution < 1.29 is 14.5 Å². The summed E-state index contributed by atoms with van der Waals surface area (Å²) in [6.45, 7) is 2.97. The minimum atomic E-state index is -0.574. The van der Waals surface area contributed by atoms with Gasteiger partial charge in [-0.3, -0.25) is 19.6 Å². The molecule has 0 radical (unpaired) electrons. The number of halogens is 1. The van der Waals surface area contributed by atoms with E-state index in [1.54, 1.807) is 11.7 Å². The van der Waals surface area contributed by atoms with Gasteiger partial charge in [-0.2, -0.15) is 5.10 Å². The minimum Gasteiger partial charge on any atom is -0.490 e. The van der Waals surface area contributed by atoms with Crippen LogP contribution in [0.3, 0.4) is 0 Å². The number of ether oxygens (including phenoxy) is 1. The molecule has 0 unspecified atom stereocenters. The van der Waals surface area contributed by atoms with E-state index >= 15 is 0 Å². The summed E-state index contributed by atoms with van der Waals surface area (Å²) in [6, 6.07) is 4.14. The lowest BCUT2D eigenvalue weighted by Crippen LogP contribution is -2.26. The zero-order valence-corrected chi connectivity index (χ0v) is 15.1. The highest BCUT2D eigenvalue weighted by Crippen LogP contribution is 2.28. The number of rotatable bonds is 6. The van der Waals surface area contributed by atoms with Crippen molar-refractivity contribution in [1.29, 1.82) is 0 Å². The van der Waals surface area contributed by atoms with Crippen molar-refractivity contribution in [2.45, 2.75) is 20.0 Å². The van der Waals surface area contributed by atoms with Crippen LogP contribution in [0.5, 0.6) is 5.75 Å². The lowest BCUT2D eigenvalue weighted by atomic mass is 10.1. The van der Waals surface area contributed by atoms with E-state index < -0.39 is 4.92 Å². The summed E-state index contributed by atoms with van der Waals surface area (Å²) in [4.78, 5) is 24.5. The van der Waals surface area contributed by atoms with Crippen LogP contribution in [0.2, 0.25) is 0 Å². The molecule has 24 heavy (non-hydrogen) atoms. The van der Waals surface area contributed by atoms with E-state index in [1.165, 1.54) is 30.2 Å². The molecule has 0 atom stereocenters. The monoisotopic (exact) mass is 396 g/mol. The van der Waals surface area contributed by atoms with Crippen molar-refractivity contribution in [1.82, 2.24) is 14.7 Å². The Hall–Kier alpha value is -2.42. The number of nitro benzene ring substituents is 1. The Morgan fingerprint density at radius 1 is 1.50 bits per heavy atom. The molecule has 0 aliphatic heterocycles. The lowest BCUT2D eigenvalue weighted by molar-refractivity contribution is -0.385. The molecule has 0 saturated heterocycles. The predicted molar refractivity (Wildman–Crippen MR) is 91.0 cm³/mol. The number of carbonyl (C=O) groups is 1. The van der Waals surface area contributed by atoms with Gasteiger partial charge in [-0.25, -0.2) is 0 Å². The second-order valence-corrected chi connectivity index (χ2v) is 5.94. The topological polar surface area (TPSA) is 90.5 Å². The number of methoxy groups -OCH3 is 1. The van der Waals surface area contributed by atoms with E-state index in [2.05, 4.69) is 21.0 Å². The van der Waals surface area contributed by atoms with E-state index in [4.69, 9.17) is 4.74 Å². The molecule has 0 spiro atoms. The first-order valence-electron chi connectivity index (χ1n) is 7.17. The normalized spacial score (nSPS) is 10.5. The van der Waals surface area contributed by atoms with Gasteiger partial charge in [-0.15, -0.1) is 0 Å². The number of benzene rings is 1. The average molecular weight is 397 g/mol. The third-order valence-corrected chi connectivity index (χ3v) is 4.13. The molecule has 8 nitrogen and oxygen atoms in total. The smallest absolute Gasteiger partial charge is 0.311 e. The minimum absolute atomic E-state index is 0.114. The molecule has 1 heterocycles. The van der Waals surface area contributed by atoms with Crippen LogP contribution >= 0.6 is 15.9 Å². The fraction of sp³-hybridized carbons (Fsp3) is 0.333. The molecule has 2 rings (SSSR count). The third-order valence-electron chi connectivity index (χ3n) is 3.47. The summed E-state index contributed by atoms with van der Waals surface area (Å²) in [5.74, 6) is -0.220. The van der Waals surface area contributed by atoms with Gasteiger partial charge in [-0.05, 0) is 35.0 Å². The van der Waals surface area contributed by atoms with Gasteiger partial charge in [0.25, 0.3) is 5.91 Å². The highest BCUT2D eigenvalue weighted by atomic mass is 79.9. The van der Waals surface area contributed by atoms with Crippen LogP contribution in [-0.2, 0) is 13.1 Å². The number of aromatic nitrogens is 2. The molecular weight excluding hydrogens is 380 g/mol. The molecule has 0 bridgehead atoms. The molecule has 0 aliphatic rings. The molecule has 0 N–H and O–H groups in total. The molecule has 0 fully saturated rings. The fourth-order valence-corrected chi connectivity index (χ4v) is 2.63. The molecule has 1 amide bonds. The summed E-state index contributed by atoms with van der Waals surface area (Å²) in [6.07, 6.45) is 1.84. The Morgan fingerprint density at radius 3 is 2.75 bits per heavy atom. The zero-order chi connectivity index (χ0) is 17.9. The van der Waals surface area contributed by atoms with Gasteiger partial charge < -0.3 is 9.64 Å². The predicted octanol–water partition coefficient (Wildman–Crippen LogP) is 2.85. The largest absolute Gasteiger partial charge is 0.490 e. The van der Waals surface area contributed by atoms with Crippen molar-refractivity contribution in [3.8, 4) is 5.75 Å². The van der Waals surface area contributed by atoms with Crippen LogP contribution in [0.1, 0.15) is 23.0 Å². The van der Waals surface area contributed by atoms with Gasteiger partial charge >= 0.3 is 5.69 Å². The third kappa shape index (κ3) is 3.73. The van der Waals surface area contributed by atoms with Crippen LogP contribution < -0.4 is 4.74 Å². The summed E-state index contributed by atoms with van der Waals surface area (Å²) in [7, 11) is 2.97. The zero-order valence-electron chi connectivity index (χ0n) is 13.5. The fourth-order valence-electron chi connectivity index (χ4n) is 2.19. The summed E-state index contributed by atoms with van der Waals surface area (Å²) < 4.78 is 7.51. The van der Waals surface area contributed by atoms with Crippen LogP contribution in [0.15, 0.2) is 28.9 Å². The first-order valence-corrected chi connectivity index (χ1v) is 7.96.